The third-order valence-corrected chi connectivity index (χ3v) is 5.70. The molecular weight excluding hydrogens is 429 g/mol. The molecule has 1 aliphatic rings. The second-order valence-corrected chi connectivity index (χ2v) is 9.09. The molecule has 0 unspecified atom stereocenters. The fourth-order valence-electron chi connectivity index (χ4n) is 3.81. The highest BCUT2D eigenvalue weighted by atomic mass is 19.4. The first-order valence-electron chi connectivity index (χ1n) is 10.5. The van der Waals surface area contributed by atoms with Gasteiger partial charge in [0.05, 0.1) is 5.56 Å². The maximum atomic E-state index is 13.9. The van der Waals surface area contributed by atoms with E-state index in [2.05, 4.69) is 31.4 Å². The number of carbonyl (C=O) groups excluding carboxylic acids is 2. The number of anilines is 1. The number of hydrogen-bond acceptors (Lipinski definition) is 2. The largest absolute Gasteiger partial charge is 0.417 e. The molecule has 7 heteroatoms. The normalized spacial score (nSPS) is 13.5. The zero-order valence-corrected chi connectivity index (χ0v) is 18.4. The van der Waals surface area contributed by atoms with Crippen LogP contribution in [0.3, 0.4) is 0 Å². The maximum Gasteiger partial charge on any atom is 0.417 e. The molecule has 2 N–H and O–H groups in total. The molecule has 1 heterocycles. The smallest absolute Gasteiger partial charge is 0.348 e. The van der Waals surface area contributed by atoms with Crippen LogP contribution in [0.15, 0.2) is 60.7 Å². The Balaban J connectivity index is 1.64. The first kappa shape index (κ1) is 22.6. The van der Waals surface area contributed by atoms with Crippen LogP contribution in [0.2, 0.25) is 0 Å². The Hall–Kier alpha value is -3.61. The van der Waals surface area contributed by atoms with Gasteiger partial charge in [-0.25, -0.2) is 0 Å². The third-order valence-electron chi connectivity index (χ3n) is 5.70. The molecule has 0 spiro atoms. The van der Waals surface area contributed by atoms with E-state index in [0.29, 0.717) is 17.7 Å². The van der Waals surface area contributed by atoms with Gasteiger partial charge in [0, 0.05) is 23.4 Å². The van der Waals surface area contributed by atoms with Crippen molar-refractivity contribution in [2.24, 2.45) is 0 Å². The van der Waals surface area contributed by atoms with Gasteiger partial charge in [-0.05, 0) is 58.0 Å². The summed E-state index contributed by atoms with van der Waals surface area (Å²) in [6.45, 7) is 6.52. The van der Waals surface area contributed by atoms with Crippen LogP contribution >= 0.6 is 0 Å². The number of halogens is 3. The van der Waals surface area contributed by atoms with Crippen molar-refractivity contribution < 1.29 is 22.8 Å². The lowest BCUT2D eigenvalue weighted by Gasteiger charge is -2.19. The van der Waals surface area contributed by atoms with Gasteiger partial charge < -0.3 is 10.6 Å². The molecule has 3 aromatic carbocycles. The number of carbonyl (C=O) groups is 2. The number of nitrogens with one attached hydrogen (secondary N) is 2. The molecule has 0 atom stereocenters. The topological polar surface area (TPSA) is 58.2 Å². The quantitative estimate of drug-likeness (QED) is 0.500. The van der Waals surface area contributed by atoms with Crippen molar-refractivity contribution in [3.05, 3.63) is 88.5 Å². The van der Waals surface area contributed by atoms with E-state index in [0.717, 1.165) is 17.2 Å². The van der Waals surface area contributed by atoms with E-state index in [4.69, 9.17) is 0 Å². The summed E-state index contributed by atoms with van der Waals surface area (Å²) in [5.74, 6) is -0.799. The minimum Gasteiger partial charge on any atom is -0.348 e. The predicted octanol–water partition coefficient (Wildman–Crippen LogP) is 6.17. The number of benzene rings is 3. The average molecular weight is 452 g/mol. The van der Waals surface area contributed by atoms with Crippen LogP contribution < -0.4 is 10.6 Å². The molecule has 4 rings (SSSR count). The molecule has 0 saturated heterocycles. The Morgan fingerprint density at radius 3 is 2.24 bits per heavy atom. The molecule has 0 bridgehead atoms. The van der Waals surface area contributed by atoms with Crippen molar-refractivity contribution >= 4 is 17.5 Å². The van der Waals surface area contributed by atoms with Gasteiger partial charge in [-0.2, -0.15) is 13.2 Å². The van der Waals surface area contributed by atoms with Crippen LogP contribution in [0, 0.1) is 0 Å². The third kappa shape index (κ3) is 4.62. The number of fused-ring (bicyclic) bond motifs is 1. The first-order valence-corrected chi connectivity index (χ1v) is 10.5. The molecule has 170 valence electrons. The molecular formula is C26H23F3N2O2. The van der Waals surface area contributed by atoms with E-state index in [1.54, 1.807) is 24.3 Å². The summed E-state index contributed by atoms with van der Waals surface area (Å²) in [6.07, 6.45) is -4.65. The fraction of sp³-hybridized carbons (Fsp3) is 0.231. The van der Waals surface area contributed by atoms with Crippen molar-refractivity contribution in [3.63, 3.8) is 0 Å². The summed E-state index contributed by atoms with van der Waals surface area (Å²) in [5.41, 5.74) is 1.82. The molecule has 0 saturated carbocycles. The maximum absolute atomic E-state index is 13.9. The summed E-state index contributed by atoms with van der Waals surface area (Å²) >= 11 is 0. The minimum atomic E-state index is -4.65. The van der Waals surface area contributed by atoms with Crippen LogP contribution in [0.4, 0.5) is 18.9 Å². The van der Waals surface area contributed by atoms with Gasteiger partial charge in [0.2, 0.25) is 0 Å². The SMILES string of the molecule is CC(C)(C)c1ccc(C(=O)Nc2ccc(-c3ccc4c(c3)C(=O)NC4)c(C(F)(F)F)c2)cc1. The highest BCUT2D eigenvalue weighted by Crippen LogP contribution is 2.39. The van der Waals surface area contributed by atoms with Gasteiger partial charge in [-0.1, -0.05) is 51.1 Å². The summed E-state index contributed by atoms with van der Waals surface area (Å²) in [6, 6.07) is 15.3. The summed E-state index contributed by atoms with van der Waals surface area (Å²) in [7, 11) is 0. The molecule has 1 aliphatic heterocycles. The number of amides is 2. The zero-order valence-electron chi connectivity index (χ0n) is 18.4. The second kappa shape index (κ2) is 8.06. The molecule has 0 aliphatic carbocycles. The van der Waals surface area contributed by atoms with Crippen molar-refractivity contribution in [1.82, 2.24) is 5.32 Å². The Kier molecular flexibility index (Phi) is 5.52. The van der Waals surface area contributed by atoms with Crippen LogP contribution in [0.25, 0.3) is 11.1 Å². The lowest BCUT2D eigenvalue weighted by molar-refractivity contribution is -0.137. The summed E-state index contributed by atoms with van der Waals surface area (Å²) < 4.78 is 41.7. The van der Waals surface area contributed by atoms with Gasteiger partial charge >= 0.3 is 6.18 Å². The highest BCUT2D eigenvalue weighted by molar-refractivity contribution is 6.04. The van der Waals surface area contributed by atoms with Crippen molar-refractivity contribution in [3.8, 4) is 11.1 Å². The lowest BCUT2D eigenvalue weighted by atomic mass is 9.86. The molecule has 0 radical (unpaired) electrons. The molecule has 0 fully saturated rings. The van der Waals surface area contributed by atoms with Gasteiger partial charge in [0.1, 0.15) is 0 Å². The standard InChI is InChI=1S/C26H23F3N2O2/c1-25(2,3)18-8-6-15(7-9-18)23(32)31-19-10-11-20(22(13-19)26(27,28)29)16-4-5-17-14-30-24(33)21(17)12-16/h4-13H,14H2,1-3H3,(H,30,33)(H,31,32). The fourth-order valence-corrected chi connectivity index (χ4v) is 3.81. The second-order valence-electron chi connectivity index (χ2n) is 9.09. The van der Waals surface area contributed by atoms with Crippen LogP contribution in [-0.4, -0.2) is 11.8 Å². The molecule has 33 heavy (non-hydrogen) atoms. The minimum absolute atomic E-state index is 0.0369. The summed E-state index contributed by atoms with van der Waals surface area (Å²) in [5, 5.41) is 5.21. The summed E-state index contributed by atoms with van der Waals surface area (Å²) in [4.78, 5) is 24.6. The van der Waals surface area contributed by atoms with Crippen molar-refractivity contribution in [1.29, 1.82) is 0 Å². The van der Waals surface area contributed by atoms with Crippen molar-refractivity contribution in [2.45, 2.75) is 38.9 Å². The van der Waals surface area contributed by atoms with Gasteiger partial charge in [0.15, 0.2) is 0 Å². The van der Waals surface area contributed by atoms with E-state index in [-0.39, 0.29) is 28.1 Å². The number of hydrogen-bond donors (Lipinski definition) is 2. The van der Waals surface area contributed by atoms with Gasteiger partial charge in [-0.15, -0.1) is 0 Å². The number of alkyl halides is 3. The van der Waals surface area contributed by atoms with E-state index < -0.39 is 17.6 Å². The van der Waals surface area contributed by atoms with E-state index >= 15 is 0 Å². The van der Waals surface area contributed by atoms with Gasteiger partial charge in [0.25, 0.3) is 11.8 Å². The van der Waals surface area contributed by atoms with E-state index in [1.807, 2.05) is 12.1 Å². The average Bonchev–Trinajstić information content (AvgIpc) is 3.13. The highest BCUT2D eigenvalue weighted by Gasteiger charge is 2.34. The van der Waals surface area contributed by atoms with E-state index in [9.17, 15) is 22.8 Å². The van der Waals surface area contributed by atoms with Crippen LogP contribution in [0.5, 0.6) is 0 Å². The Morgan fingerprint density at radius 1 is 0.909 bits per heavy atom. The monoisotopic (exact) mass is 452 g/mol. The zero-order chi connectivity index (χ0) is 24.0. The van der Waals surface area contributed by atoms with Crippen LogP contribution in [0.1, 0.15) is 58.2 Å². The predicted molar refractivity (Wildman–Crippen MR) is 121 cm³/mol. The Morgan fingerprint density at radius 2 is 1.61 bits per heavy atom. The van der Waals surface area contributed by atoms with Crippen molar-refractivity contribution in [2.75, 3.05) is 5.32 Å². The molecule has 3 aromatic rings. The first-order chi connectivity index (χ1) is 15.4. The molecule has 2 amide bonds. The van der Waals surface area contributed by atoms with E-state index in [1.165, 1.54) is 18.2 Å². The Bertz CT molecular complexity index is 1240. The number of rotatable bonds is 3. The van der Waals surface area contributed by atoms with Crippen LogP contribution in [-0.2, 0) is 18.1 Å². The molecule has 0 aromatic heterocycles. The van der Waals surface area contributed by atoms with Gasteiger partial charge in [-0.3, -0.25) is 9.59 Å². The lowest BCUT2D eigenvalue weighted by Crippen LogP contribution is -2.15. The Labute approximate surface area is 189 Å². The molecule has 4 nitrogen and oxygen atoms in total.